The Morgan fingerprint density at radius 3 is 2.68 bits per heavy atom. The number of carbonyl (C=O) groups is 1. The molecule has 8 heteroatoms. The number of carbonyl (C=O) groups excluding carboxylic acids is 1. The predicted octanol–water partition coefficient (Wildman–Crippen LogP) is 3.15. The van der Waals surface area contributed by atoms with E-state index in [0.29, 0.717) is 37.8 Å². The molecule has 7 nitrogen and oxygen atoms in total. The van der Waals surface area contributed by atoms with E-state index in [1.54, 1.807) is 12.1 Å². The Balaban J connectivity index is 1.66. The zero-order valence-corrected chi connectivity index (χ0v) is 14.3. The smallest absolute Gasteiger partial charge is 0.324 e. The van der Waals surface area contributed by atoms with E-state index >= 15 is 0 Å². The molecule has 3 rings (SSSR count). The number of nitrogens with one attached hydrogen (secondary N) is 3. The fourth-order valence-electron chi connectivity index (χ4n) is 2.63. The standard InChI is InChI=1S/C17H22FN5O2/c1-11(2)15-10-16(22-21-15)20-17(24)19-13-7-12(18)8-14(9-13)23-3-5-25-6-4-23/h7-11H,3-6H2,1-2H3,(H3,19,20,21,22,24). The Hall–Kier alpha value is -2.61. The molecule has 0 radical (unpaired) electrons. The quantitative estimate of drug-likeness (QED) is 0.793. The van der Waals surface area contributed by atoms with E-state index in [0.717, 1.165) is 11.4 Å². The number of nitrogens with zero attached hydrogens (tertiary/aromatic N) is 2. The fourth-order valence-corrected chi connectivity index (χ4v) is 2.63. The van der Waals surface area contributed by atoms with Gasteiger partial charge in [0.2, 0.25) is 0 Å². The summed E-state index contributed by atoms with van der Waals surface area (Å²) in [5.74, 6) is 0.303. The maximum Gasteiger partial charge on any atom is 0.324 e. The van der Waals surface area contributed by atoms with Gasteiger partial charge in [0.15, 0.2) is 5.82 Å². The first-order valence-electron chi connectivity index (χ1n) is 8.28. The molecule has 1 aromatic carbocycles. The van der Waals surface area contributed by atoms with Gasteiger partial charge in [-0.15, -0.1) is 0 Å². The first-order valence-corrected chi connectivity index (χ1v) is 8.28. The number of benzene rings is 1. The molecule has 1 fully saturated rings. The maximum absolute atomic E-state index is 13.9. The zero-order chi connectivity index (χ0) is 17.8. The van der Waals surface area contributed by atoms with Gasteiger partial charge in [-0.3, -0.25) is 10.4 Å². The molecule has 1 saturated heterocycles. The number of rotatable bonds is 4. The number of hydrogen-bond acceptors (Lipinski definition) is 4. The molecule has 0 spiro atoms. The number of aromatic amines is 1. The molecular weight excluding hydrogens is 325 g/mol. The molecule has 134 valence electrons. The van der Waals surface area contributed by atoms with Gasteiger partial charge in [0.1, 0.15) is 5.82 Å². The van der Waals surface area contributed by atoms with Crippen LogP contribution in [0, 0.1) is 5.82 Å². The lowest BCUT2D eigenvalue weighted by Gasteiger charge is -2.29. The summed E-state index contributed by atoms with van der Waals surface area (Å²) in [4.78, 5) is 14.2. The van der Waals surface area contributed by atoms with E-state index in [1.165, 1.54) is 12.1 Å². The number of H-pyrrole nitrogens is 1. The van der Waals surface area contributed by atoms with Gasteiger partial charge in [-0.2, -0.15) is 5.10 Å². The third-order valence-electron chi connectivity index (χ3n) is 3.98. The second kappa shape index (κ2) is 7.52. The fraction of sp³-hybridized carbons (Fsp3) is 0.412. The van der Waals surface area contributed by atoms with Crippen LogP contribution in [-0.2, 0) is 4.74 Å². The molecule has 1 aromatic heterocycles. The van der Waals surface area contributed by atoms with E-state index in [1.807, 2.05) is 18.7 Å². The second-order valence-electron chi connectivity index (χ2n) is 6.24. The van der Waals surface area contributed by atoms with Crippen molar-refractivity contribution in [3.05, 3.63) is 35.8 Å². The first kappa shape index (κ1) is 17.2. The highest BCUT2D eigenvalue weighted by molar-refractivity contribution is 5.99. The minimum atomic E-state index is -0.472. The van der Waals surface area contributed by atoms with Crippen LogP contribution in [-0.4, -0.2) is 42.5 Å². The lowest BCUT2D eigenvalue weighted by Crippen LogP contribution is -2.36. The van der Waals surface area contributed by atoms with Crippen molar-refractivity contribution < 1.29 is 13.9 Å². The van der Waals surface area contributed by atoms with Crippen LogP contribution in [0.3, 0.4) is 0 Å². The maximum atomic E-state index is 13.9. The molecule has 0 saturated carbocycles. The Kier molecular flexibility index (Phi) is 5.18. The Bertz CT molecular complexity index is 740. The third kappa shape index (κ3) is 4.48. The molecule has 0 atom stereocenters. The minimum absolute atomic E-state index is 0.283. The number of amides is 2. The van der Waals surface area contributed by atoms with E-state index in [4.69, 9.17) is 4.74 Å². The Morgan fingerprint density at radius 1 is 1.24 bits per heavy atom. The van der Waals surface area contributed by atoms with Crippen LogP contribution < -0.4 is 15.5 Å². The topological polar surface area (TPSA) is 82.3 Å². The van der Waals surface area contributed by atoms with Crippen molar-refractivity contribution in [1.82, 2.24) is 10.2 Å². The SMILES string of the molecule is CC(C)c1cc(NC(=O)Nc2cc(F)cc(N3CCOCC3)c2)n[nH]1. The predicted molar refractivity (Wildman–Crippen MR) is 94.8 cm³/mol. The van der Waals surface area contributed by atoms with Crippen molar-refractivity contribution >= 4 is 23.2 Å². The average molecular weight is 347 g/mol. The summed E-state index contributed by atoms with van der Waals surface area (Å²) in [6.45, 7) is 6.66. The Morgan fingerprint density at radius 2 is 2.00 bits per heavy atom. The molecule has 25 heavy (non-hydrogen) atoms. The monoisotopic (exact) mass is 347 g/mol. The summed E-state index contributed by atoms with van der Waals surface area (Å²) < 4.78 is 19.2. The van der Waals surface area contributed by atoms with Gasteiger partial charge in [0.05, 0.1) is 13.2 Å². The van der Waals surface area contributed by atoms with E-state index in [-0.39, 0.29) is 5.92 Å². The van der Waals surface area contributed by atoms with Crippen molar-refractivity contribution in [3.63, 3.8) is 0 Å². The van der Waals surface area contributed by atoms with Gasteiger partial charge in [-0.05, 0) is 24.1 Å². The van der Waals surface area contributed by atoms with Gasteiger partial charge in [0.25, 0.3) is 0 Å². The molecule has 2 aromatic rings. The lowest BCUT2D eigenvalue weighted by atomic mass is 10.1. The summed E-state index contributed by atoms with van der Waals surface area (Å²) in [6.07, 6.45) is 0. The number of ether oxygens (including phenoxy) is 1. The highest BCUT2D eigenvalue weighted by Crippen LogP contribution is 2.23. The number of halogens is 1. The van der Waals surface area contributed by atoms with Crippen LogP contribution >= 0.6 is 0 Å². The number of hydrogen-bond donors (Lipinski definition) is 3. The summed E-state index contributed by atoms with van der Waals surface area (Å²) in [6, 6.07) is 5.79. The van der Waals surface area contributed by atoms with Gasteiger partial charge in [-0.25, -0.2) is 9.18 Å². The highest BCUT2D eigenvalue weighted by Gasteiger charge is 2.14. The molecule has 0 bridgehead atoms. The van der Waals surface area contributed by atoms with Crippen molar-refractivity contribution in [2.45, 2.75) is 19.8 Å². The van der Waals surface area contributed by atoms with Crippen molar-refractivity contribution in [3.8, 4) is 0 Å². The van der Waals surface area contributed by atoms with Crippen LogP contribution in [0.1, 0.15) is 25.5 Å². The second-order valence-corrected chi connectivity index (χ2v) is 6.24. The van der Waals surface area contributed by atoms with Gasteiger partial charge >= 0.3 is 6.03 Å². The van der Waals surface area contributed by atoms with Crippen molar-refractivity contribution in [2.24, 2.45) is 0 Å². The van der Waals surface area contributed by atoms with Crippen molar-refractivity contribution in [2.75, 3.05) is 41.8 Å². The minimum Gasteiger partial charge on any atom is -0.378 e. The number of urea groups is 1. The Labute approximate surface area is 145 Å². The molecule has 2 amide bonds. The van der Waals surface area contributed by atoms with E-state index < -0.39 is 11.8 Å². The first-order chi connectivity index (χ1) is 12.0. The van der Waals surface area contributed by atoms with Gasteiger partial charge in [0, 0.05) is 36.2 Å². The van der Waals surface area contributed by atoms with Crippen LogP contribution in [0.15, 0.2) is 24.3 Å². The van der Waals surface area contributed by atoms with E-state index in [2.05, 4.69) is 20.8 Å². The lowest BCUT2D eigenvalue weighted by molar-refractivity contribution is 0.122. The molecular formula is C17H22FN5O2. The molecule has 2 heterocycles. The molecule has 3 N–H and O–H groups in total. The highest BCUT2D eigenvalue weighted by atomic mass is 19.1. The number of morpholine rings is 1. The molecule has 0 aliphatic carbocycles. The van der Waals surface area contributed by atoms with Crippen LogP contribution in [0.4, 0.5) is 26.4 Å². The molecule has 1 aliphatic rings. The van der Waals surface area contributed by atoms with Gasteiger partial charge in [-0.1, -0.05) is 13.8 Å². The van der Waals surface area contributed by atoms with Crippen molar-refractivity contribution in [1.29, 1.82) is 0 Å². The average Bonchev–Trinajstić information content (AvgIpc) is 3.03. The molecule has 1 aliphatic heterocycles. The number of aromatic nitrogens is 2. The van der Waals surface area contributed by atoms with Crippen LogP contribution in [0.2, 0.25) is 0 Å². The summed E-state index contributed by atoms with van der Waals surface area (Å²) in [5.41, 5.74) is 2.04. The van der Waals surface area contributed by atoms with Crippen LogP contribution in [0.25, 0.3) is 0 Å². The summed E-state index contributed by atoms with van der Waals surface area (Å²) in [7, 11) is 0. The largest absolute Gasteiger partial charge is 0.378 e. The normalized spacial score (nSPS) is 14.6. The zero-order valence-electron chi connectivity index (χ0n) is 14.3. The third-order valence-corrected chi connectivity index (χ3v) is 3.98. The van der Waals surface area contributed by atoms with Gasteiger partial charge < -0.3 is 15.0 Å². The summed E-state index contributed by atoms with van der Waals surface area (Å²) >= 11 is 0. The molecule has 0 unspecified atom stereocenters. The van der Waals surface area contributed by atoms with Crippen LogP contribution in [0.5, 0.6) is 0 Å². The summed E-state index contributed by atoms with van der Waals surface area (Å²) in [5, 5.41) is 12.2. The van der Waals surface area contributed by atoms with E-state index in [9.17, 15) is 9.18 Å². The number of anilines is 3.